The van der Waals surface area contributed by atoms with E-state index in [2.05, 4.69) is 19.9 Å². The van der Waals surface area contributed by atoms with Crippen molar-refractivity contribution in [2.24, 2.45) is 0 Å². The summed E-state index contributed by atoms with van der Waals surface area (Å²) in [5, 5.41) is 3.18. The molecular formula is C17H24N4O2S. The Labute approximate surface area is 144 Å². The lowest BCUT2D eigenvalue weighted by Gasteiger charge is -2.12. The monoisotopic (exact) mass is 348 g/mol. The number of nitrogens with one attached hydrogen (secondary N) is 2. The number of nitrogens with zero attached hydrogens (tertiary/aromatic N) is 2. The van der Waals surface area contributed by atoms with Crippen LogP contribution in [0, 0.1) is 13.8 Å². The van der Waals surface area contributed by atoms with Crippen molar-refractivity contribution in [2.75, 3.05) is 37.2 Å². The van der Waals surface area contributed by atoms with Crippen LogP contribution in [0.4, 0.5) is 11.5 Å². The predicted octanol–water partition coefficient (Wildman–Crippen LogP) is 2.47. The van der Waals surface area contributed by atoms with Crippen molar-refractivity contribution in [1.29, 1.82) is 0 Å². The van der Waals surface area contributed by atoms with Crippen LogP contribution in [0.1, 0.15) is 11.1 Å². The Hall–Kier alpha value is -2.12. The molecule has 2 rings (SSSR count). The molecule has 0 aliphatic carbocycles. The van der Waals surface area contributed by atoms with E-state index in [1.54, 1.807) is 31.2 Å². The van der Waals surface area contributed by atoms with Crippen LogP contribution in [-0.2, 0) is 10.0 Å². The standard InChI is InChI=1S/C17H24N4O2S/c1-13-5-6-14(2)16(11-13)24(22,23)20-15-7-8-17(19-12-15)18-9-10-21(3)4/h5-8,11-12,20H,9-10H2,1-4H3,(H,18,19). The third-order valence-corrected chi connectivity index (χ3v) is 5.04. The van der Waals surface area contributed by atoms with Crippen molar-refractivity contribution in [3.8, 4) is 0 Å². The van der Waals surface area contributed by atoms with E-state index in [9.17, 15) is 8.42 Å². The third-order valence-electron chi connectivity index (χ3n) is 3.51. The Kier molecular flexibility index (Phi) is 5.80. The summed E-state index contributed by atoms with van der Waals surface area (Å²) in [5.74, 6) is 0.714. The molecule has 0 aliphatic heterocycles. The molecule has 0 amide bonds. The Morgan fingerprint density at radius 2 is 1.88 bits per heavy atom. The van der Waals surface area contributed by atoms with Gasteiger partial charge in [-0.25, -0.2) is 13.4 Å². The van der Waals surface area contributed by atoms with Gasteiger partial charge in [0, 0.05) is 13.1 Å². The minimum Gasteiger partial charge on any atom is -0.369 e. The van der Waals surface area contributed by atoms with Crippen molar-refractivity contribution in [2.45, 2.75) is 18.7 Å². The van der Waals surface area contributed by atoms with E-state index in [1.807, 2.05) is 27.1 Å². The molecule has 2 N–H and O–H groups in total. The number of aryl methyl sites for hydroxylation is 2. The lowest BCUT2D eigenvalue weighted by atomic mass is 10.2. The van der Waals surface area contributed by atoms with E-state index < -0.39 is 10.0 Å². The molecule has 0 unspecified atom stereocenters. The van der Waals surface area contributed by atoms with Crippen LogP contribution in [0.5, 0.6) is 0 Å². The molecule has 0 saturated carbocycles. The van der Waals surface area contributed by atoms with Crippen molar-refractivity contribution >= 4 is 21.5 Å². The summed E-state index contributed by atoms with van der Waals surface area (Å²) in [6, 6.07) is 8.83. The maximum absolute atomic E-state index is 12.5. The van der Waals surface area contributed by atoms with E-state index in [0.717, 1.165) is 18.7 Å². The zero-order valence-corrected chi connectivity index (χ0v) is 15.3. The number of sulfonamides is 1. The van der Waals surface area contributed by atoms with Crippen LogP contribution >= 0.6 is 0 Å². The molecule has 130 valence electrons. The van der Waals surface area contributed by atoms with E-state index in [0.29, 0.717) is 17.1 Å². The molecule has 1 aromatic carbocycles. The first-order valence-electron chi connectivity index (χ1n) is 7.72. The maximum Gasteiger partial charge on any atom is 0.262 e. The lowest BCUT2D eigenvalue weighted by Crippen LogP contribution is -2.21. The quantitative estimate of drug-likeness (QED) is 0.804. The Morgan fingerprint density at radius 3 is 2.50 bits per heavy atom. The van der Waals surface area contributed by atoms with Crippen molar-refractivity contribution < 1.29 is 8.42 Å². The van der Waals surface area contributed by atoms with E-state index in [-0.39, 0.29) is 4.90 Å². The molecule has 24 heavy (non-hydrogen) atoms. The number of aromatic nitrogens is 1. The fourth-order valence-electron chi connectivity index (χ4n) is 2.17. The number of hydrogen-bond donors (Lipinski definition) is 2. The van der Waals surface area contributed by atoms with Gasteiger partial charge in [0.25, 0.3) is 10.0 Å². The normalized spacial score (nSPS) is 11.5. The fraction of sp³-hybridized carbons (Fsp3) is 0.353. The number of benzene rings is 1. The van der Waals surface area contributed by atoms with Crippen molar-refractivity contribution in [3.63, 3.8) is 0 Å². The second-order valence-electron chi connectivity index (χ2n) is 6.04. The Balaban J connectivity index is 2.08. The Bertz CT molecular complexity index is 787. The van der Waals surface area contributed by atoms with Gasteiger partial charge >= 0.3 is 0 Å². The molecule has 6 nitrogen and oxygen atoms in total. The molecule has 0 spiro atoms. The summed E-state index contributed by atoms with van der Waals surface area (Å²) in [5.41, 5.74) is 2.05. The summed E-state index contributed by atoms with van der Waals surface area (Å²) in [6.07, 6.45) is 1.51. The molecule has 7 heteroatoms. The van der Waals surface area contributed by atoms with E-state index in [4.69, 9.17) is 0 Å². The molecule has 1 heterocycles. The van der Waals surface area contributed by atoms with Gasteiger partial charge in [0.1, 0.15) is 5.82 Å². The van der Waals surface area contributed by atoms with Crippen LogP contribution in [0.25, 0.3) is 0 Å². The highest BCUT2D eigenvalue weighted by atomic mass is 32.2. The van der Waals surface area contributed by atoms with Gasteiger partial charge in [-0.3, -0.25) is 4.72 Å². The van der Waals surface area contributed by atoms with Crippen LogP contribution in [0.2, 0.25) is 0 Å². The summed E-state index contributed by atoms with van der Waals surface area (Å²) in [4.78, 5) is 6.59. The molecule has 0 atom stereocenters. The minimum atomic E-state index is -3.62. The van der Waals surface area contributed by atoms with Gasteiger partial charge in [-0.15, -0.1) is 0 Å². The summed E-state index contributed by atoms with van der Waals surface area (Å²) < 4.78 is 27.7. The molecule has 2 aromatic rings. The van der Waals surface area contributed by atoms with E-state index in [1.165, 1.54) is 6.20 Å². The number of pyridine rings is 1. The van der Waals surface area contributed by atoms with Gasteiger partial charge in [0.15, 0.2) is 0 Å². The molecule has 0 fully saturated rings. The minimum absolute atomic E-state index is 0.288. The highest BCUT2D eigenvalue weighted by molar-refractivity contribution is 7.92. The highest BCUT2D eigenvalue weighted by Crippen LogP contribution is 2.20. The topological polar surface area (TPSA) is 74.3 Å². The van der Waals surface area contributed by atoms with E-state index >= 15 is 0 Å². The number of rotatable bonds is 7. The molecular weight excluding hydrogens is 324 g/mol. The second kappa shape index (κ2) is 7.63. The molecule has 0 aliphatic rings. The lowest BCUT2D eigenvalue weighted by molar-refractivity contribution is 0.425. The first-order chi connectivity index (χ1) is 11.3. The maximum atomic E-state index is 12.5. The average molecular weight is 348 g/mol. The summed E-state index contributed by atoms with van der Waals surface area (Å²) >= 11 is 0. The number of anilines is 2. The number of hydrogen-bond acceptors (Lipinski definition) is 5. The van der Waals surface area contributed by atoms with Gasteiger partial charge in [0.05, 0.1) is 16.8 Å². The SMILES string of the molecule is Cc1ccc(C)c(S(=O)(=O)Nc2ccc(NCCN(C)C)nc2)c1. The molecule has 1 aromatic heterocycles. The van der Waals surface area contributed by atoms with Crippen LogP contribution < -0.4 is 10.0 Å². The highest BCUT2D eigenvalue weighted by Gasteiger charge is 2.17. The van der Waals surface area contributed by atoms with Crippen molar-refractivity contribution in [3.05, 3.63) is 47.7 Å². The van der Waals surface area contributed by atoms with Gasteiger partial charge in [-0.2, -0.15) is 0 Å². The molecule has 0 radical (unpaired) electrons. The van der Waals surface area contributed by atoms with Gasteiger partial charge < -0.3 is 10.2 Å². The third kappa shape index (κ3) is 4.94. The predicted molar refractivity (Wildman–Crippen MR) is 98.0 cm³/mol. The largest absolute Gasteiger partial charge is 0.369 e. The zero-order chi connectivity index (χ0) is 17.7. The van der Waals surface area contributed by atoms with Crippen LogP contribution in [-0.4, -0.2) is 45.5 Å². The smallest absolute Gasteiger partial charge is 0.262 e. The first kappa shape index (κ1) is 18.2. The van der Waals surface area contributed by atoms with Gasteiger partial charge in [-0.1, -0.05) is 12.1 Å². The molecule has 0 bridgehead atoms. The second-order valence-corrected chi connectivity index (χ2v) is 7.69. The number of likely N-dealkylation sites (N-methyl/N-ethyl adjacent to an activating group) is 1. The summed E-state index contributed by atoms with van der Waals surface area (Å²) in [7, 11) is 0.376. The van der Waals surface area contributed by atoms with Crippen LogP contribution in [0.15, 0.2) is 41.4 Å². The molecule has 0 saturated heterocycles. The first-order valence-corrected chi connectivity index (χ1v) is 9.21. The van der Waals surface area contributed by atoms with Gasteiger partial charge in [-0.05, 0) is 57.3 Å². The van der Waals surface area contributed by atoms with Gasteiger partial charge in [0.2, 0.25) is 0 Å². The summed E-state index contributed by atoms with van der Waals surface area (Å²) in [6.45, 7) is 5.31. The zero-order valence-electron chi connectivity index (χ0n) is 14.5. The fourth-order valence-corrected chi connectivity index (χ4v) is 3.55. The average Bonchev–Trinajstić information content (AvgIpc) is 2.51. The van der Waals surface area contributed by atoms with Crippen molar-refractivity contribution in [1.82, 2.24) is 9.88 Å². The van der Waals surface area contributed by atoms with Crippen LogP contribution in [0.3, 0.4) is 0 Å². The Morgan fingerprint density at radius 1 is 1.12 bits per heavy atom.